The summed E-state index contributed by atoms with van der Waals surface area (Å²) < 4.78 is 5.31. The number of ether oxygens (including phenoxy) is 1. The number of fused-ring (bicyclic) bond motifs is 3. The van der Waals surface area contributed by atoms with Crippen molar-refractivity contribution < 1.29 is 9.53 Å². The van der Waals surface area contributed by atoms with E-state index in [1.165, 1.54) is 16.7 Å². The van der Waals surface area contributed by atoms with E-state index in [4.69, 9.17) is 4.74 Å². The number of hydrogen-bond acceptors (Lipinski definition) is 2. The molecule has 0 heterocycles. The Kier molecular flexibility index (Phi) is 2.77. The molecule has 0 radical (unpaired) electrons. The van der Waals surface area contributed by atoms with E-state index in [-0.39, 0.29) is 11.3 Å². The van der Waals surface area contributed by atoms with Gasteiger partial charge in [0.2, 0.25) is 0 Å². The summed E-state index contributed by atoms with van der Waals surface area (Å²) in [5.74, 6) is 1.47. The first kappa shape index (κ1) is 12.5. The Morgan fingerprint density at radius 3 is 2.89 bits per heavy atom. The monoisotopic (exact) mass is 256 g/mol. The fourth-order valence-corrected chi connectivity index (χ4v) is 3.63. The largest absolute Gasteiger partial charge is 0.497 e. The van der Waals surface area contributed by atoms with Gasteiger partial charge < -0.3 is 4.74 Å². The maximum atomic E-state index is 11.9. The number of Topliss-reactive ketones (excluding diaryl/α,β-unsaturated/α-hetero) is 1. The molecule has 0 N–H and O–H groups in total. The Bertz CT molecular complexity index is 571. The van der Waals surface area contributed by atoms with Crippen molar-refractivity contribution in [3.63, 3.8) is 0 Å². The number of carbonyl (C=O) groups excluding carboxylic acids is 1. The predicted molar refractivity (Wildman–Crippen MR) is 75.5 cm³/mol. The van der Waals surface area contributed by atoms with E-state index < -0.39 is 0 Å². The lowest BCUT2D eigenvalue weighted by Gasteiger charge is -2.43. The molecule has 0 saturated heterocycles. The van der Waals surface area contributed by atoms with Gasteiger partial charge in [0.25, 0.3) is 0 Å². The molecule has 3 rings (SSSR count). The van der Waals surface area contributed by atoms with Crippen LogP contribution in [0, 0.1) is 5.92 Å². The summed E-state index contributed by atoms with van der Waals surface area (Å²) in [7, 11) is 1.70. The van der Waals surface area contributed by atoms with Crippen LogP contribution in [0.4, 0.5) is 0 Å². The molecule has 0 unspecified atom stereocenters. The summed E-state index contributed by atoms with van der Waals surface area (Å²) in [6, 6.07) is 6.35. The van der Waals surface area contributed by atoms with Crippen molar-refractivity contribution in [3.05, 3.63) is 41.0 Å². The van der Waals surface area contributed by atoms with Crippen molar-refractivity contribution in [1.82, 2.24) is 0 Å². The summed E-state index contributed by atoms with van der Waals surface area (Å²) in [6.07, 6.45) is 4.73. The van der Waals surface area contributed by atoms with Crippen LogP contribution in [0.1, 0.15) is 37.8 Å². The van der Waals surface area contributed by atoms with E-state index >= 15 is 0 Å². The van der Waals surface area contributed by atoms with Gasteiger partial charge in [-0.05, 0) is 36.1 Å². The smallest absolute Gasteiger partial charge is 0.139 e. The van der Waals surface area contributed by atoms with E-state index in [0.717, 1.165) is 18.6 Å². The molecule has 1 saturated carbocycles. The molecule has 2 aliphatic rings. The Labute approximate surface area is 114 Å². The number of ketones is 1. The molecule has 1 fully saturated rings. The zero-order valence-electron chi connectivity index (χ0n) is 11.8. The van der Waals surface area contributed by atoms with Crippen LogP contribution < -0.4 is 4.74 Å². The van der Waals surface area contributed by atoms with Gasteiger partial charge in [-0.3, -0.25) is 4.79 Å². The van der Waals surface area contributed by atoms with Gasteiger partial charge >= 0.3 is 0 Å². The van der Waals surface area contributed by atoms with Crippen molar-refractivity contribution in [2.75, 3.05) is 7.11 Å². The van der Waals surface area contributed by atoms with E-state index in [1.807, 2.05) is 6.07 Å². The third-order valence-electron chi connectivity index (χ3n) is 4.81. The van der Waals surface area contributed by atoms with E-state index in [1.54, 1.807) is 7.11 Å². The number of carbonyl (C=O) groups is 1. The third-order valence-corrected chi connectivity index (χ3v) is 4.81. The van der Waals surface area contributed by atoms with Gasteiger partial charge in [0, 0.05) is 17.8 Å². The van der Waals surface area contributed by atoms with Gasteiger partial charge in [0.05, 0.1) is 7.11 Å². The van der Waals surface area contributed by atoms with Gasteiger partial charge in [-0.2, -0.15) is 0 Å². The normalized spacial score (nSPS) is 29.3. The van der Waals surface area contributed by atoms with Crippen molar-refractivity contribution in [1.29, 1.82) is 0 Å². The second-order valence-electron chi connectivity index (χ2n) is 6.04. The molecule has 1 aromatic rings. The van der Waals surface area contributed by atoms with Crippen LogP contribution in [-0.2, 0) is 16.6 Å². The summed E-state index contributed by atoms with van der Waals surface area (Å²) in [4.78, 5) is 11.9. The zero-order valence-corrected chi connectivity index (χ0v) is 11.8. The topological polar surface area (TPSA) is 26.3 Å². The fourth-order valence-electron chi connectivity index (χ4n) is 3.63. The van der Waals surface area contributed by atoms with Crippen molar-refractivity contribution in [3.8, 4) is 5.75 Å². The minimum Gasteiger partial charge on any atom is -0.497 e. The Balaban J connectivity index is 2.08. The Hall–Kier alpha value is -1.57. The van der Waals surface area contributed by atoms with Crippen molar-refractivity contribution in [2.24, 2.45) is 5.92 Å². The minimum atomic E-state index is 0.0349. The summed E-state index contributed by atoms with van der Waals surface area (Å²) >= 11 is 0. The molecule has 0 aliphatic heterocycles. The molecule has 0 amide bonds. The second-order valence-corrected chi connectivity index (χ2v) is 6.04. The summed E-state index contributed by atoms with van der Waals surface area (Å²) in [5.41, 5.74) is 4.07. The predicted octanol–water partition coefficient (Wildman–Crippen LogP) is 3.43. The molecular formula is C17H20O2. The highest BCUT2D eigenvalue weighted by Gasteiger charge is 2.42. The fraction of sp³-hybridized carbons (Fsp3) is 0.471. The summed E-state index contributed by atoms with van der Waals surface area (Å²) in [6.45, 7) is 4.34. The second kappa shape index (κ2) is 4.22. The molecule has 2 aliphatic carbocycles. The lowest BCUT2D eigenvalue weighted by atomic mass is 9.60. The number of benzene rings is 1. The maximum Gasteiger partial charge on any atom is 0.139 e. The van der Waals surface area contributed by atoms with Crippen LogP contribution in [0.25, 0.3) is 0 Å². The van der Waals surface area contributed by atoms with Crippen molar-refractivity contribution >= 4 is 5.78 Å². The first-order valence-electron chi connectivity index (χ1n) is 6.94. The lowest BCUT2D eigenvalue weighted by molar-refractivity contribution is -0.123. The van der Waals surface area contributed by atoms with Gasteiger partial charge in [0.15, 0.2) is 0 Å². The SMILES string of the molecule is COc1ccc2c(c1)CC=C1CC(=O)[C@@H](C)C[C@]12C. The van der Waals surface area contributed by atoms with Crippen LogP contribution in [0.15, 0.2) is 29.8 Å². The van der Waals surface area contributed by atoms with E-state index in [2.05, 4.69) is 32.1 Å². The average molecular weight is 256 g/mol. The third kappa shape index (κ3) is 1.81. The Morgan fingerprint density at radius 2 is 2.16 bits per heavy atom. The molecule has 0 bridgehead atoms. The van der Waals surface area contributed by atoms with Crippen LogP contribution in [0.3, 0.4) is 0 Å². The van der Waals surface area contributed by atoms with Crippen LogP contribution in [0.2, 0.25) is 0 Å². The molecule has 100 valence electrons. The molecule has 0 spiro atoms. The number of hydrogen-bond donors (Lipinski definition) is 0. The Morgan fingerprint density at radius 1 is 1.37 bits per heavy atom. The van der Waals surface area contributed by atoms with Crippen LogP contribution >= 0.6 is 0 Å². The molecule has 2 atom stereocenters. The van der Waals surface area contributed by atoms with Crippen LogP contribution in [-0.4, -0.2) is 12.9 Å². The highest BCUT2D eigenvalue weighted by molar-refractivity contribution is 5.85. The molecule has 1 aromatic carbocycles. The number of rotatable bonds is 1. The van der Waals surface area contributed by atoms with Crippen molar-refractivity contribution in [2.45, 2.75) is 38.5 Å². The highest BCUT2D eigenvalue weighted by atomic mass is 16.5. The van der Waals surface area contributed by atoms with Gasteiger partial charge in [-0.1, -0.05) is 31.6 Å². The van der Waals surface area contributed by atoms with Gasteiger partial charge in [0.1, 0.15) is 11.5 Å². The number of methoxy groups -OCH3 is 1. The highest BCUT2D eigenvalue weighted by Crippen LogP contribution is 2.48. The summed E-state index contributed by atoms with van der Waals surface area (Å²) in [5, 5.41) is 0. The first-order chi connectivity index (χ1) is 9.04. The van der Waals surface area contributed by atoms with Gasteiger partial charge in [-0.15, -0.1) is 0 Å². The molecular weight excluding hydrogens is 236 g/mol. The minimum absolute atomic E-state index is 0.0349. The molecule has 2 heteroatoms. The van der Waals surface area contributed by atoms with Crippen LogP contribution in [0.5, 0.6) is 5.75 Å². The maximum absolute atomic E-state index is 11.9. The quantitative estimate of drug-likeness (QED) is 0.719. The molecule has 2 nitrogen and oxygen atoms in total. The average Bonchev–Trinajstić information content (AvgIpc) is 2.40. The van der Waals surface area contributed by atoms with E-state index in [9.17, 15) is 4.79 Å². The number of allylic oxidation sites excluding steroid dienone is 2. The lowest BCUT2D eigenvalue weighted by Crippen LogP contribution is -2.38. The molecule has 0 aromatic heterocycles. The zero-order chi connectivity index (χ0) is 13.6. The molecule has 19 heavy (non-hydrogen) atoms. The van der Waals surface area contributed by atoms with E-state index in [0.29, 0.717) is 12.2 Å². The first-order valence-corrected chi connectivity index (χ1v) is 6.94. The van der Waals surface area contributed by atoms with Gasteiger partial charge in [-0.25, -0.2) is 0 Å². The standard InChI is InChI=1S/C17H20O2/c1-11-10-17(2)13(9-16(11)18)5-4-12-8-14(19-3)6-7-15(12)17/h5-8,11H,4,9-10H2,1-3H3/t11-,17+/m0/s1.